The van der Waals surface area contributed by atoms with Crippen LogP contribution in [-0.2, 0) is 6.42 Å². The van der Waals surface area contributed by atoms with Gasteiger partial charge in [0.05, 0.1) is 11.3 Å². The molecular formula is C9H10N2O2. The molecule has 0 unspecified atom stereocenters. The molecule has 68 valence electrons. The highest BCUT2D eigenvalue weighted by Crippen LogP contribution is 2.19. The number of nitrogens with one attached hydrogen (secondary N) is 2. The van der Waals surface area contributed by atoms with Crippen molar-refractivity contribution in [1.29, 1.82) is 0 Å². The highest BCUT2D eigenvalue weighted by Gasteiger charge is 2.22. The molecule has 0 aliphatic carbocycles. The summed E-state index contributed by atoms with van der Waals surface area (Å²) in [4.78, 5) is 24.9. The van der Waals surface area contributed by atoms with E-state index in [1.807, 2.05) is 0 Å². The van der Waals surface area contributed by atoms with E-state index in [9.17, 15) is 9.59 Å². The minimum Gasteiger partial charge on any atom is -0.355 e. The van der Waals surface area contributed by atoms with Crippen LogP contribution in [0.4, 0.5) is 0 Å². The van der Waals surface area contributed by atoms with Gasteiger partial charge in [-0.05, 0) is 12.5 Å². The summed E-state index contributed by atoms with van der Waals surface area (Å²) in [5, 5.41) is 2.74. The fraction of sp³-hybridized carbons (Fsp3) is 0.333. The molecule has 0 saturated heterocycles. The molecule has 1 aromatic rings. The molecule has 0 atom stereocenters. The fourth-order valence-electron chi connectivity index (χ4n) is 1.68. The zero-order chi connectivity index (χ0) is 9.42. The van der Waals surface area contributed by atoms with Crippen molar-refractivity contribution in [2.45, 2.75) is 13.3 Å². The molecule has 1 aliphatic heterocycles. The van der Waals surface area contributed by atoms with Gasteiger partial charge in [-0.2, -0.15) is 0 Å². The first-order chi connectivity index (χ1) is 6.24. The molecule has 4 heteroatoms. The first-order valence-corrected chi connectivity index (χ1v) is 4.19. The van der Waals surface area contributed by atoms with E-state index in [2.05, 4.69) is 10.3 Å². The summed E-state index contributed by atoms with van der Waals surface area (Å²) in [7, 11) is 0. The van der Waals surface area contributed by atoms with Crippen LogP contribution in [0.25, 0.3) is 0 Å². The predicted octanol–water partition coefficient (Wildman–Crippen LogP) is 0.422. The van der Waals surface area contributed by atoms with E-state index in [1.165, 1.54) is 0 Å². The first kappa shape index (κ1) is 8.04. The summed E-state index contributed by atoms with van der Waals surface area (Å²) in [5.41, 5.74) is 2.79. The molecule has 0 saturated carbocycles. The largest absolute Gasteiger partial charge is 0.355 e. The van der Waals surface area contributed by atoms with Crippen molar-refractivity contribution >= 4 is 12.2 Å². The Morgan fingerprint density at radius 1 is 1.46 bits per heavy atom. The van der Waals surface area contributed by atoms with E-state index < -0.39 is 0 Å². The molecule has 4 nitrogen and oxygen atoms in total. The number of aromatic nitrogens is 1. The number of aldehydes is 1. The lowest BCUT2D eigenvalue weighted by molar-refractivity contribution is 0.0945. The number of amides is 1. The number of rotatable bonds is 1. The van der Waals surface area contributed by atoms with Gasteiger partial charge in [-0.3, -0.25) is 9.59 Å². The van der Waals surface area contributed by atoms with Gasteiger partial charge in [0.1, 0.15) is 0 Å². The number of H-pyrrole nitrogens is 1. The van der Waals surface area contributed by atoms with Gasteiger partial charge in [-0.25, -0.2) is 0 Å². The molecule has 0 spiro atoms. The Morgan fingerprint density at radius 3 is 2.85 bits per heavy atom. The Balaban J connectivity index is 2.61. The van der Waals surface area contributed by atoms with Crippen LogP contribution in [0.3, 0.4) is 0 Å². The zero-order valence-corrected chi connectivity index (χ0v) is 7.31. The van der Waals surface area contributed by atoms with Crippen LogP contribution in [0, 0.1) is 6.92 Å². The third kappa shape index (κ3) is 1.06. The molecule has 0 fully saturated rings. The molecule has 2 N–H and O–H groups in total. The minimum absolute atomic E-state index is 0.0805. The monoisotopic (exact) mass is 178 g/mol. The van der Waals surface area contributed by atoms with Crippen LogP contribution in [-0.4, -0.2) is 23.7 Å². The fourth-order valence-corrected chi connectivity index (χ4v) is 1.68. The van der Waals surface area contributed by atoms with E-state index >= 15 is 0 Å². The Labute approximate surface area is 75.3 Å². The topological polar surface area (TPSA) is 62.0 Å². The van der Waals surface area contributed by atoms with E-state index in [1.54, 1.807) is 6.92 Å². The van der Waals surface area contributed by atoms with E-state index in [4.69, 9.17) is 0 Å². The lowest BCUT2D eigenvalue weighted by Crippen LogP contribution is -2.31. The first-order valence-electron chi connectivity index (χ1n) is 4.19. The van der Waals surface area contributed by atoms with Gasteiger partial charge < -0.3 is 10.3 Å². The van der Waals surface area contributed by atoms with Crippen LogP contribution in [0.2, 0.25) is 0 Å². The maximum atomic E-state index is 11.4. The second-order valence-corrected chi connectivity index (χ2v) is 3.14. The summed E-state index contributed by atoms with van der Waals surface area (Å²) in [6.45, 7) is 2.42. The number of hydrogen-bond donors (Lipinski definition) is 2. The number of fused-ring (bicyclic) bond motifs is 1. The number of hydrogen-bond acceptors (Lipinski definition) is 2. The molecule has 2 heterocycles. The molecular weight excluding hydrogens is 168 g/mol. The van der Waals surface area contributed by atoms with Gasteiger partial charge in [0.2, 0.25) is 0 Å². The molecule has 13 heavy (non-hydrogen) atoms. The molecule has 0 aromatic carbocycles. The average molecular weight is 178 g/mol. The smallest absolute Gasteiger partial charge is 0.253 e. The van der Waals surface area contributed by atoms with Crippen LogP contribution < -0.4 is 5.32 Å². The third-order valence-corrected chi connectivity index (χ3v) is 2.37. The second kappa shape index (κ2) is 2.73. The maximum Gasteiger partial charge on any atom is 0.253 e. The summed E-state index contributed by atoms with van der Waals surface area (Å²) in [6, 6.07) is 0. The highest BCUT2D eigenvalue weighted by molar-refractivity contribution is 6.00. The van der Waals surface area contributed by atoms with E-state index in [0.29, 0.717) is 17.8 Å². The summed E-state index contributed by atoms with van der Waals surface area (Å²) in [6.07, 6.45) is 1.52. The maximum absolute atomic E-state index is 11.4. The van der Waals surface area contributed by atoms with Gasteiger partial charge in [0.15, 0.2) is 6.29 Å². The van der Waals surface area contributed by atoms with Crippen molar-refractivity contribution < 1.29 is 9.59 Å². The molecule has 0 radical (unpaired) electrons. The molecule has 1 aliphatic rings. The van der Waals surface area contributed by atoms with Crippen molar-refractivity contribution in [3.8, 4) is 0 Å². The SMILES string of the molecule is Cc1c(C=O)[nH]c2c1C(=O)NCC2. The molecule has 2 rings (SSSR count). The Kier molecular flexibility index (Phi) is 1.69. The lowest BCUT2D eigenvalue weighted by atomic mass is 10.0. The van der Waals surface area contributed by atoms with Crippen molar-refractivity contribution in [2.75, 3.05) is 6.54 Å². The van der Waals surface area contributed by atoms with Crippen LogP contribution in [0.1, 0.15) is 32.1 Å². The van der Waals surface area contributed by atoms with E-state index in [-0.39, 0.29) is 5.91 Å². The third-order valence-electron chi connectivity index (χ3n) is 2.37. The quantitative estimate of drug-likeness (QED) is 0.612. The van der Waals surface area contributed by atoms with Crippen LogP contribution >= 0.6 is 0 Å². The van der Waals surface area contributed by atoms with E-state index in [0.717, 1.165) is 24.0 Å². The summed E-state index contributed by atoms with van der Waals surface area (Å²) in [5.74, 6) is -0.0805. The highest BCUT2D eigenvalue weighted by atomic mass is 16.1. The van der Waals surface area contributed by atoms with Gasteiger partial charge >= 0.3 is 0 Å². The lowest BCUT2D eigenvalue weighted by Gasteiger charge is -2.12. The Hall–Kier alpha value is -1.58. The van der Waals surface area contributed by atoms with Crippen LogP contribution in [0.5, 0.6) is 0 Å². The number of carbonyl (C=O) groups is 2. The molecule has 1 aromatic heterocycles. The van der Waals surface area contributed by atoms with Gasteiger partial charge in [-0.15, -0.1) is 0 Å². The van der Waals surface area contributed by atoms with Crippen molar-refractivity contribution in [2.24, 2.45) is 0 Å². The summed E-state index contributed by atoms with van der Waals surface area (Å²) < 4.78 is 0. The summed E-state index contributed by atoms with van der Waals surface area (Å²) >= 11 is 0. The van der Waals surface area contributed by atoms with Gasteiger partial charge in [0, 0.05) is 18.7 Å². The molecule has 1 amide bonds. The number of aromatic amines is 1. The molecule has 0 bridgehead atoms. The average Bonchev–Trinajstić information content (AvgIpc) is 2.44. The van der Waals surface area contributed by atoms with Crippen molar-refractivity contribution in [3.05, 3.63) is 22.5 Å². The second-order valence-electron chi connectivity index (χ2n) is 3.14. The van der Waals surface area contributed by atoms with Gasteiger partial charge in [-0.1, -0.05) is 0 Å². The number of carbonyl (C=O) groups excluding carboxylic acids is 2. The minimum atomic E-state index is -0.0805. The zero-order valence-electron chi connectivity index (χ0n) is 7.31. The van der Waals surface area contributed by atoms with Crippen molar-refractivity contribution in [1.82, 2.24) is 10.3 Å². The van der Waals surface area contributed by atoms with Crippen molar-refractivity contribution in [3.63, 3.8) is 0 Å². The Morgan fingerprint density at radius 2 is 2.23 bits per heavy atom. The Bertz CT molecular complexity index is 379. The normalized spacial score (nSPS) is 15.0. The van der Waals surface area contributed by atoms with Crippen LogP contribution in [0.15, 0.2) is 0 Å². The standard InChI is InChI=1S/C9H10N2O2/c1-5-7(4-12)11-6-2-3-10-9(13)8(5)6/h4,11H,2-3H2,1H3,(H,10,13). The van der Waals surface area contributed by atoms with Gasteiger partial charge in [0.25, 0.3) is 5.91 Å². The predicted molar refractivity (Wildman–Crippen MR) is 47.0 cm³/mol.